The van der Waals surface area contributed by atoms with Crippen LogP contribution in [0, 0.1) is 0 Å². The van der Waals surface area contributed by atoms with Crippen LogP contribution in [0.1, 0.15) is 31.1 Å². The monoisotopic (exact) mass is 286 g/mol. The summed E-state index contributed by atoms with van der Waals surface area (Å²) < 4.78 is 29.6. The number of sulfone groups is 1. The van der Waals surface area contributed by atoms with Crippen LogP contribution in [0.3, 0.4) is 0 Å². The lowest BCUT2D eigenvalue weighted by Gasteiger charge is -2.19. The van der Waals surface area contributed by atoms with Crippen molar-refractivity contribution in [2.45, 2.75) is 31.3 Å². The molecule has 19 heavy (non-hydrogen) atoms. The Balaban J connectivity index is 2.92. The van der Waals surface area contributed by atoms with Crippen LogP contribution >= 0.6 is 0 Å². The maximum absolute atomic E-state index is 12.1. The minimum Gasteiger partial charge on any atom is -0.478 e. The van der Waals surface area contributed by atoms with Crippen molar-refractivity contribution in [3.63, 3.8) is 0 Å². The van der Waals surface area contributed by atoms with Gasteiger partial charge in [-0.1, -0.05) is 12.1 Å². The topological polar surface area (TPSA) is 80.7 Å². The zero-order chi connectivity index (χ0) is 14.7. The highest BCUT2D eigenvalue weighted by molar-refractivity contribution is 7.91. The van der Waals surface area contributed by atoms with E-state index in [4.69, 9.17) is 9.84 Å². The summed E-state index contributed by atoms with van der Waals surface area (Å²) in [6, 6.07) is 5.58. The summed E-state index contributed by atoms with van der Waals surface area (Å²) >= 11 is 0. The summed E-state index contributed by atoms with van der Waals surface area (Å²) in [5.41, 5.74) is -0.639. The molecule has 0 bridgehead atoms. The average molecular weight is 286 g/mol. The molecule has 1 rings (SSSR count). The number of hydrogen-bond acceptors (Lipinski definition) is 4. The quantitative estimate of drug-likeness (QED) is 0.895. The molecule has 0 aliphatic heterocycles. The molecule has 1 aromatic rings. The number of benzene rings is 1. The van der Waals surface area contributed by atoms with E-state index in [0.717, 1.165) is 0 Å². The first-order valence-electron chi connectivity index (χ1n) is 5.82. The molecule has 5 nitrogen and oxygen atoms in total. The van der Waals surface area contributed by atoms with Crippen molar-refractivity contribution in [3.05, 3.63) is 29.8 Å². The van der Waals surface area contributed by atoms with Crippen molar-refractivity contribution in [2.75, 3.05) is 12.4 Å². The van der Waals surface area contributed by atoms with E-state index < -0.39 is 21.4 Å². The average Bonchev–Trinajstić information content (AvgIpc) is 2.27. The third kappa shape index (κ3) is 4.65. The van der Waals surface area contributed by atoms with Gasteiger partial charge in [-0.05, 0) is 32.9 Å². The maximum Gasteiger partial charge on any atom is 0.337 e. The van der Waals surface area contributed by atoms with Gasteiger partial charge in [-0.25, -0.2) is 13.2 Å². The number of rotatable bonds is 5. The van der Waals surface area contributed by atoms with Crippen LogP contribution in [0.4, 0.5) is 0 Å². The Bertz CT molecular complexity index is 555. The van der Waals surface area contributed by atoms with Crippen LogP contribution in [0.25, 0.3) is 0 Å². The lowest BCUT2D eigenvalue weighted by atomic mass is 10.2. The fourth-order valence-electron chi connectivity index (χ4n) is 1.48. The Kier molecular flexibility index (Phi) is 4.70. The van der Waals surface area contributed by atoms with Crippen molar-refractivity contribution in [3.8, 4) is 0 Å². The van der Waals surface area contributed by atoms with Gasteiger partial charge in [0.1, 0.15) is 0 Å². The van der Waals surface area contributed by atoms with Gasteiger partial charge in [0.05, 0.1) is 28.4 Å². The molecular formula is C13H18O5S. The molecule has 0 heterocycles. The van der Waals surface area contributed by atoms with Crippen LogP contribution in [0.5, 0.6) is 0 Å². The highest BCUT2D eigenvalue weighted by Crippen LogP contribution is 2.17. The lowest BCUT2D eigenvalue weighted by Crippen LogP contribution is -2.24. The largest absolute Gasteiger partial charge is 0.478 e. The van der Waals surface area contributed by atoms with E-state index in [1.807, 2.05) is 20.8 Å². The second kappa shape index (κ2) is 5.71. The van der Waals surface area contributed by atoms with Crippen molar-refractivity contribution in [1.29, 1.82) is 0 Å². The van der Waals surface area contributed by atoms with Crippen molar-refractivity contribution in [2.24, 2.45) is 0 Å². The number of hydrogen-bond donors (Lipinski definition) is 1. The molecule has 0 fully saturated rings. The molecule has 0 unspecified atom stereocenters. The van der Waals surface area contributed by atoms with Crippen molar-refractivity contribution >= 4 is 15.8 Å². The summed E-state index contributed by atoms with van der Waals surface area (Å²) in [6.45, 7) is 5.50. The Morgan fingerprint density at radius 2 is 1.84 bits per heavy atom. The minimum atomic E-state index is -3.66. The number of carboxylic acids is 1. The molecule has 106 valence electrons. The fourth-order valence-corrected chi connectivity index (χ4v) is 2.78. The van der Waals surface area contributed by atoms with Gasteiger partial charge in [0.25, 0.3) is 0 Å². The van der Waals surface area contributed by atoms with Gasteiger partial charge in [0.15, 0.2) is 9.84 Å². The molecule has 1 N–H and O–H groups in total. The fraction of sp³-hybridized carbons (Fsp3) is 0.462. The van der Waals surface area contributed by atoms with Gasteiger partial charge in [-0.15, -0.1) is 0 Å². The van der Waals surface area contributed by atoms with E-state index in [2.05, 4.69) is 0 Å². The van der Waals surface area contributed by atoms with E-state index in [9.17, 15) is 13.2 Å². The highest BCUT2D eigenvalue weighted by atomic mass is 32.2. The van der Waals surface area contributed by atoms with E-state index in [1.54, 1.807) is 0 Å². The Labute approximate surface area is 113 Å². The first kappa shape index (κ1) is 15.7. The van der Waals surface area contributed by atoms with Gasteiger partial charge in [-0.3, -0.25) is 0 Å². The van der Waals surface area contributed by atoms with E-state index >= 15 is 0 Å². The summed E-state index contributed by atoms with van der Waals surface area (Å²) in [5.74, 6) is -1.50. The predicted molar refractivity (Wildman–Crippen MR) is 71.2 cm³/mol. The minimum absolute atomic E-state index is 0.0276. The van der Waals surface area contributed by atoms with Crippen LogP contribution in [0.15, 0.2) is 29.2 Å². The first-order chi connectivity index (χ1) is 8.63. The highest BCUT2D eigenvalue weighted by Gasteiger charge is 2.22. The molecule has 0 aliphatic carbocycles. The molecule has 0 aromatic heterocycles. The summed E-state index contributed by atoms with van der Waals surface area (Å²) in [7, 11) is -3.66. The van der Waals surface area contributed by atoms with Crippen LogP contribution < -0.4 is 0 Å². The zero-order valence-corrected chi connectivity index (χ0v) is 12.0. The third-order valence-corrected chi connectivity index (χ3v) is 4.07. The number of aromatic carboxylic acids is 1. The molecule has 0 saturated heterocycles. The molecule has 0 amide bonds. The van der Waals surface area contributed by atoms with Gasteiger partial charge in [0, 0.05) is 0 Å². The van der Waals surface area contributed by atoms with Gasteiger partial charge in [0.2, 0.25) is 0 Å². The van der Waals surface area contributed by atoms with Gasteiger partial charge in [-0.2, -0.15) is 0 Å². The van der Waals surface area contributed by atoms with Crippen molar-refractivity contribution < 1.29 is 23.1 Å². The molecule has 1 aromatic carbocycles. The van der Waals surface area contributed by atoms with Crippen LogP contribution in [0.2, 0.25) is 0 Å². The van der Waals surface area contributed by atoms with Crippen LogP contribution in [-0.2, 0) is 14.6 Å². The normalized spacial score (nSPS) is 12.4. The molecule has 0 aliphatic rings. The molecule has 0 atom stereocenters. The van der Waals surface area contributed by atoms with Gasteiger partial charge >= 0.3 is 5.97 Å². The van der Waals surface area contributed by atoms with Gasteiger partial charge < -0.3 is 9.84 Å². The second-order valence-electron chi connectivity index (χ2n) is 5.08. The Morgan fingerprint density at radius 1 is 1.26 bits per heavy atom. The molecule has 0 saturated carbocycles. The first-order valence-corrected chi connectivity index (χ1v) is 7.48. The van der Waals surface area contributed by atoms with E-state index in [0.29, 0.717) is 0 Å². The molecular weight excluding hydrogens is 268 g/mol. The summed E-state index contributed by atoms with van der Waals surface area (Å²) in [6.07, 6.45) is 0. The number of ether oxygens (including phenoxy) is 1. The van der Waals surface area contributed by atoms with E-state index in [1.165, 1.54) is 24.3 Å². The SMILES string of the molecule is CC(C)(C)OCCS(=O)(=O)c1ccccc1C(=O)O. The lowest BCUT2D eigenvalue weighted by molar-refractivity contribution is 0.00642. The van der Waals surface area contributed by atoms with E-state index in [-0.39, 0.29) is 22.8 Å². The third-order valence-electron chi connectivity index (χ3n) is 2.34. The predicted octanol–water partition coefficient (Wildman–Crippen LogP) is 1.97. The van der Waals surface area contributed by atoms with Crippen LogP contribution in [-0.4, -0.2) is 37.5 Å². The molecule has 0 spiro atoms. The zero-order valence-electron chi connectivity index (χ0n) is 11.2. The summed E-state index contributed by atoms with van der Waals surface area (Å²) in [5, 5.41) is 8.99. The Hall–Kier alpha value is -1.40. The smallest absolute Gasteiger partial charge is 0.337 e. The summed E-state index contributed by atoms with van der Waals surface area (Å²) in [4.78, 5) is 10.8. The van der Waals surface area contributed by atoms with Crippen molar-refractivity contribution in [1.82, 2.24) is 0 Å². The standard InChI is InChI=1S/C13H18O5S/c1-13(2,3)18-8-9-19(16,17)11-7-5-4-6-10(11)12(14)15/h4-7H,8-9H2,1-3H3,(H,14,15). The second-order valence-corrected chi connectivity index (χ2v) is 7.16. The number of carboxylic acid groups (broad SMARTS) is 1. The number of carbonyl (C=O) groups is 1. The Morgan fingerprint density at radius 3 is 2.37 bits per heavy atom. The molecule has 6 heteroatoms. The molecule has 0 radical (unpaired) electrons. The maximum atomic E-state index is 12.1.